The van der Waals surface area contributed by atoms with Crippen LogP contribution < -0.4 is 9.46 Å². The highest BCUT2D eigenvalue weighted by molar-refractivity contribution is 7.89. The number of carbonyl (C=O) groups excluding carboxylic acids is 1. The molecule has 0 saturated carbocycles. The van der Waals surface area contributed by atoms with Crippen molar-refractivity contribution in [1.82, 2.24) is 9.62 Å². The summed E-state index contributed by atoms with van der Waals surface area (Å²) in [5.41, 5.74) is 0. The van der Waals surface area contributed by atoms with Gasteiger partial charge in [0.15, 0.2) is 0 Å². The Labute approximate surface area is 143 Å². The Hall–Kier alpha value is -2.07. The van der Waals surface area contributed by atoms with Crippen LogP contribution in [-0.4, -0.2) is 45.2 Å². The van der Waals surface area contributed by atoms with Gasteiger partial charge in [0.1, 0.15) is 10.6 Å². The highest BCUT2D eigenvalue weighted by atomic mass is 32.2. The number of carbonyl (C=O) groups is 1. The maximum atomic E-state index is 12.4. The summed E-state index contributed by atoms with van der Waals surface area (Å²) in [6.45, 7) is 4.22. The lowest BCUT2D eigenvalue weighted by atomic mass is 10.1. The Morgan fingerprint density at radius 3 is 2.72 bits per heavy atom. The predicted molar refractivity (Wildman–Crippen MR) is 83.2 cm³/mol. The fourth-order valence-corrected chi connectivity index (χ4v) is 3.76. The van der Waals surface area contributed by atoms with E-state index in [1.807, 2.05) is 0 Å². The monoisotopic (exact) mass is 378 g/mol. The number of benzene rings is 1. The molecule has 1 aromatic carbocycles. The number of likely N-dealkylation sites (tertiary alicyclic amines) is 1. The number of amides is 1. The van der Waals surface area contributed by atoms with Gasteiger partial charge < -0.3 is 9.64 Å². The molecule has 10 heteroatoms. The standard InChI is InChI=1S/C15H17F3N2O4S/c1-2-14(21)20-8-7-11(10-20)9-19-25(22,23)13-6-4-3-5-12(13)24-15(16,17)18/h2-6,11,19H,1,7-10H2/t11-/m0/s1. The molecule has 1 fully saturated rings. The smallest absolute Gasteiger partial charge is 0.404 e. The van der Waals surface area contributed by atoms with Crippen molar-refractivity contribution in [3.8, 4) is 5.75 Å². The van der Waals surface area contributed by atoms with Gasteiger partial charge in [-0.2, -0.15) is 0 Å². The normalized spacial score (nSPS) is 18.2. The molecule has 0 spiro atoms. The topological polar surface area (TPSA) is 75.7 Å². The molecule has 1 saturated heterocycles. The van der Waals surface area contributed by atoms with Gasteiger partial charge in [0.05, 0.1) is 0 Å². The van der Waals surface area contributed by atoms with Crippen LogP contribution in [0.15, 0.2) is 41.8 Å². The van der Waals surface area contributed by atoms with Gasteiger partial charge in [-0.3, -0.25) is 4.79 Å². The first-order valence-corrected chi connectivity index (χ1v) is 8.86. The van der Waals surface area contributed by atoms with Crippen molar-refractivity contribution in [3.63, 3.8) is 0 Å². The van der Waals surface area contributed by atoms with Crippen molar-refractivity contribution in [3.05, 3.63) is 36.9 Å². The Kier molecular flexibility index (Phi) is 5.73. The predicted octanol–water partition coefficient (Wildman–Crippen LogP) is 1.90. The van der Waals surface area contributed by atoms with Gasteiger partial charge in [-0.1, -0.05) is 18.7 Å². The minimum atomic E-state index is -5.00. The van der Waals surface area contributed by atoms with Gasteiger partial charge in [0.25, 0.3) is 0 Å². The largest absolute Gasteiger partial charge is 0.573 e. The molecular formula is C15H17F3N2O4S. The Morgan fingerprint density at radius 1 is 1.40 bits per heavy atom. The van der Waals surface area contributed by atoms with Crippen LogP contribution in [0.4, 0.5) is 13.2 Å². The van der Waals surface area contributed by atoms with Crippen molar-refractivity contribution >= 4 is 15.9 Å². The minimum Gasteiger partial charge on any atom is -0.404 e. The molecular weight excluding hydrogens is 361 g/mol. The molecule has 1 atom stereocenters. The molecule has 1 amide bonds. The quantitative estimate of drug-likeness (QED) is 0.768. The summed E-state index contributed by atoms with van der Waals surface area (Å²) < 4.78 is 67.9. The molecule has 0 bridgehead atoms. The summed E-state index contributed by atoms with van der Waals surface area (Å²) in [6.07, 6.45) is -3.23. The summed E-state index contributed by atoms with van der Waals surface area (Å²) in [4.78, 5) is 12.4. The van der Waals surface area contributed by atoms with Gasteiger partial charge in [-0.25, -0.2) is 13.1 Å². The number of rotatable bonds is 6. The van der Waals surface area contributed by atoms with Crippen LogP contribution in [0.1, 0.15) is 6.42 Å². The van der Waals surface area contributed by atoms with Crippen molar-refractivity contribution in [1.29, 1.82) is 0 Å². The highest BCUT2D eigenvalue weighted by Gasteiger charge is 2.34. The number of sulfonamides is 1. The average molecular weight is 378 g/mol. The van der Waals surface area contributed by atoms with E-state index < -0.39 is 27.0 Å². The van der Waals surface area contributed by atoms with Crippen LogP contribution in [0.2, 0.25) is 0 Å². The SMILES string of the molecule is C=CC(=O)N1CC[C@@H](CNS(=O)(=O)c2ccccc2OC(F)(F)F)C1. The Bertz CT molecular complexity index is 749. The van der Waals surface area contributed by atoms with E-state index in [9.17, 15) is 26.4 Å². The van der Waals surface area contributed by atoms with E-state index in [4.69, 9.17) is 0 Å². The third kappa shape index (κ3) is 5.20. The zero-order valence-electron chi connectivity index (χ0n) is 13.1. The fourth-order valence-electron chi connectivity index (χ4n) is 2.52. The van der Waals surface area contributed by atoms with E-state index in [1.54, 1.807) is 0 Å². The van der Waals surface area contributed by atoms with Crippen LogP contribution in [0, 0.1) is 5.92 Å². The summed E-state index contributed by atoms with van der Waals surface area (Å²) in [5.74, 6) is -1.17. The first-order chi connectivity index (χ1) is 11.6. The van der Waals surface area contributed by atoms with Gasteiger partial charge in [-0.05, 0) is 30.5 Å². The van der Waals surface area contributed by atoms with Crippen LogP contribution >= 0.6 is 0 Å². The van der Waals surface area contributed by atoms with Crippen molar-refractivity contribution < 1.29 is 31.1 Å². The number of hydrogen-bond acceptors (Lipinski definition) is 4. The zero-order valence-corrected chi connectivity index (χ0v) is 13.9. The van der Waals surface area contributed by atoms with Crippen molar-refractivity contribution in [2.24, 2.45) is 5.92 Å². The summed E-state index contributed by atoms with van der Waals surface area (Å²) in [7, 11) is -4.19. The van der Waals surface area contributed by atoms with Crippen LogP contribution in [0.25, 0.3) is 0 Å². The molecule has 0 aromatic heterocycles. The number of hydrogen-bond donors (Lipinski definition) is 1. The second-order valence-corrected chi connectivity index (χ2v) is 7.22. The van der Waals surface area contributed by atoms with E-state index >= 15 is 0 Å². The highest BCUT2D eigenvalue weighted by Crippen LogP contribution is 2.29. The van der Waals surface area contributed by atoms with Gasteiger partial charge in [0, 0.05) is 19.6 Å². The molecule has 1 aliphatic heterocycles. The van der Waals surface area contributed by atoms with Gasteiger partial charge >= 0.3 is 6.36 Å². The van der Waals surface area contributed by atoms with Gasteiger partial charge in [0.2, 0.25) is 15.9 Å². The lowest BCUT2D eigenvalue weighted by Gasteiger charge is -2.16. The lowest BCUT2D eigenvalue weighted by Crippen LogP contribution is -2.33. The third-order valence-corrected chi connectivity index (χ3v) is 5.16. The summed E-state index contributed by atoms with van der Waals surface area (Å²) in [5, 5.41) is 0. The number of nitrogens with zero attached hydrogens (tertiary/aromatic N) is 1. The first kappa shape index (κ1) is 19.3. The second kappa shape index (κ2) is 7.44. The molecule has 25 heavy (non-hydrogen) atoms. The molecule has 2 rings (SSSR count). The minimum absolute atomic E-state index is 0.00358. The Morgan fingerprint density at radius 2 is 2.08 bits per heavy atom. The molecule has 1 aromatic rings. The number of nitrogens with one attached hydrogen (secondary N) is 1. The molecule has 1 heterocycles. The second-order valence-electron chi connectivity index (χ2n) is 5.49. The van der Waals surface area contributed by atoms with E-state index in [0.717, 1.165) is 12.1 Å². The van der Waals surface area contributed by atoms with E-state index in [-0.39, 0.29) is 18.4 Å². The van der Waals surface area contributed by atoms with Crippen molar-refractivity contribution in [2.45, 2.75) is 17.7 Å². The molecule has 0 unspecified atom stereocenters. The first-order valence-electron chi connectivity index (χ1n) is 7.38. The summed E-state index contributed by atoms with van der Waals surface area (Å²) in [6, 6.07) is 4.52. The van der Waals surface area contributed by atoms with Crippen LogP contribution in [0.3, 0.4) is 0 Å². The Balaban J connectivity index is 2.06. The van der Waals surface area contributed by atoms with Crippen LogP contribution in [-0.2, 0) is 14.8 Å². The molecule has 1 aliphatic rings. The number of halogens is 3. The van der Waals surface area contributed by atoms with E-state index in [0.29, 0.717) is 19.5 Å². The number of alkyl halides is 3. The number of ether oxygens (including phenoxy) is 1. The van der Waals surface area contributed by atoms with Gasteiger partial charge in [-0.15, -0.1) is 13.2 Å². The van der Waals surface area contributed by atoms with E-state index in [1.165, 1.54) is 23.1 Å². The molecule has 0 radical (unpaired) electrons. The summed E-state index contributed by atoms with van der Waals surface area (Å²) >= 11 is 0. The van der Waals surface area contributed by atoms with E-state index in [2.05, 4.69) is 16.0 Å². The molecule has 0 aliphatic carbocycles. The molecule has 1 N–H and O–H groups in total. The fraction of sp³-hybridized carbons (Fsp3) is 0.400. The maximum Gasteiger partial charge on any atom is 0.573 e. The van der Waals surface area contributed by atoms with Crippen LogP contribution in [0.5, 0.6) is 5.75 Å². The zero-order chi connectivity index (χ0) is 18.7. The third-order valence-electron chi connectivity index (χ3n) is 3.70. The molecule has 6 nitrogen and oxygen atoms in total. The van der Waals surface area contributed by atoms with Crippen molar-refractivity contribution in [2.75, 3.05) is 19.6 Å². The average Bonchev–Trinajstić information content (AvgIpc) is 3.00. The lowest BCUT2D eigenvalue weighted by molar-refractivity contribution is -0.275. The maximum absolute atomic E-state index is 12.4. The number of para-hydroxylation sites is 1. The molecule has 138 valence electrons.